The number of halogens is 1. The van der Waals surface area contributed by atoms with E-state index in [1.165, 1.54) is 12.8 Å². The van der Waals surface area contributed by atoms with Crippen LogP contribution in [0, 0.1) is 5.92 Å². The SMILES string of the molecule is CCOc1cc(CN=C(N)NC(C)CCCC(C)C)ccc1O.I. The molecule has 1 atom stereocenters. The summed E-state index contributed by atoms with van der Waals surface area (Å²) >= 11 is 0. The van der Waals surface area contributed by atoms with Gasteiger partial charge in [0, 0.05) is 6.04 Å². The first-order valence-corrected chi connectivity index (χ1v) is 8.43. The molecule has 0 aromatic heterocycles. The average molecular weight is 449 g/mol. The molecule has 24 heavy (non-hydrogen) atoms. The molecule has 0 aliphatic carbocycles. The maximum Gasteiger partial charge on any atom is 0.189 e. The van der Waals surface area contributed by atoms with E-state index in [-0.39, 0.29) is 29.7 Å². The summed E-state index contributed by atoms with van der Waals surface area (Å²) < 4.78 is 5.37. The van der Waals surface area contributed by atoms with Crippen LogP contribution in [0.3, 0.4) is 0 Å². The van der Waals surface area contributed by atoms with Crippen LogP contribution in [0.4, 0.5) is 0 Å². The predicted molar refractivity (Wildman–Crippen MR) is 111 cm³/mol. The molecule has 0 bridgehead atoms. The number of hydrogen-bond donors (Lipinski definition) is 3. The molecule has 4 N–H and O–H groups in total. The molecule has 0 aliphatic heterocycles. The molecule has 5 nitrogen and oxygen atoms in total. The zero-order valence-electron chi connectivity index (χ0n) is 15.2. The second-order valence-electron chi connectivity index (χ2n) is 6.31. The van der Waals surface area contributed by atoms with Gasteiger partial charge in [-0.15, -0.1) is 24.0 Å². The standard InChI is InChI=1S/C18H31N3O2.HI/c1-5-23-17-11-15(9-10-16(17)22)12-20-18(19)21-14(4)8-6-7-13(2)3;/h9-11,13-14,22H,5-8,12H2,1-4H3,(H3,19,20,21);1H. The molecule has 0 amide bonds. The van der Waals surface area contributed by atoms with Gasteiger partial charge in [0.1, 0.15) is 0 Å². The minimum atomic E-state index is 0. The van der Waals surface area contributed by atoms with E-state index in [1.54, 1.807) is 12.1 Å². The Hall–Kier alpha value is -1.18. The fourth-order valence-electron chi connectivity index (χ4n) is 2.31. The third kappa shape index (κ3) is 9.20. The number of hydrogen-bond acceptors (Lipinski definition) is 3. The Morgan fingerprint density at radius 1 is 1.29 bits per heavy atom. The predicted octanol–water partition coefficient (Wildman–Crippen LogP) is 4.03. The fourth-order valence-corrected chi connectivity index (χ4v) is 2.31. The molecule has 0 spiro atoms. The lowest BCUT2D eigenvalue weighted by atomic mass is 10.0. The van der Waals surface area contributed by atoms with Gasteiger partial charge < -0.3 is 20.9 Å². The lowest BCUT2D eigenvalue weighted by Gasteiger charge is -2.15. The summed E-state index contributed by atoms with van der Waals surface area (Å²) in [5, 5.41) is 12.9. The van der Waals surface area contributed by atoms with E-state index in [0.29, 0.717) is 30.9 Å². The molecule has 0 radical (unpaired) electrons. The van der Waals surface area contributed by atoms with Crippen LogP contribution in [-0.2, 0) is 6.54 Å². The van der Waals surface area contributed by atoms with Gasteiger partial charge in [-0.2, -0.15) is 0 Å². The molecule has 1 unspecified atom stereocenters. The minimum absolute atomic E-state index is 0. The van der Waals surface area contributed by atoms with Gasteiger partial charge >= 0.3 is 0 Å². The molecule has 138 valence electrons. The number of phenolic OH excluding ortho intramolecular Hbond substituents is 1. The highest BCUT2D eigenvalue weighted by molar-refractivity contribution is 14.0. The number of aliphatic imine (C=N–C) groups is 1. The second-order valence-corrected chi connectivity index (χ2v) is 6.31. The van der Waals surface area contributed by atoms with Crippen molar-refractivity contribution in [3.05, 3.63) is 23.8 Å². The van der Waals surface area contributed by atoms with Crippen molar-refractivity contribution in [3.8, 4) is 11.5 Å². The molecule has 0 aliphatic rings. The van der Waals surface area contributed by atoms with Gasteiger partial charge in [0.15, 0.2) is 17.5 Å². The first-order chi connectivity index (χ1) is 10.9. The lowest BCUT2D eigenvalue weighted by molar-refractivity contribution is 0.318. The van der Waals surface area contributed by atoms with Crippen LogP contribution in [-0.4, -0.2) is 23.7 Å². The van der Waals surface area contributed by atoms with Crippen molar-refractivity contribution in [2.45, 2.75) is 59.5 Å². The Bertz CT molecular complexity index is 507. The Labute approximate surface area is 163 Å². The quantitative estimate of drug-likeness (QED) is 0.302. The van der Waals surface area contributed by atoms with Crippen LogP contribution in [0.25, 0.3) is 0 Å². The smallest absolute Gasteiger partial charge is 0.189 e. The number of guanidine groups is 1. The largest absolute Gasteiger partial charge is 0.504 e. The van der Waals surface area contributed by atoms with E-state index < -0.39 is 0 Å². The number of benzene rings is 1. The van der Waals surface area contributed by atoms with E-state index in [0.717, 1.165) is 17.9 Å². The zero-order chi connectivity index (χ0) is 17.2. The maximum absolute atomic E-state index is 9.69. The summed E-state index contributed by atoms with van der Waals surface area (Å²) in [6.45, 7) is 9.45. The molecular weight excluding hydrogens is 417 g/mol. The molecule has 1 aromatic carbocycles. The number of aromatic hydroxyl groups is 1. The van der Waals surface area contributed by atoms with Gasteiger partial charge in [-0.25, -0.2) is 4.99 Å². The monoisotopic (exact) mass is 449 g/mol. The Balaban J connectivity index is 0.00000529. The van der Waals surface area contributed by atoms with Gasteiger partial charge in [-0.05, 0) is 43.9 Å². The van der Waals surface area contributed by atoms with Gasteiger partial charge in [0.05, 0.1) is 13.2 Å². The van der Waals surface area contributed by atoms with Crippen molar-refractivity contribution in [2.75, 3.05) is 6.61 Å². The summed E-state index contributed by atoms with van der Waals surface area (Å²) in [6, 6.07) is 5.55. The molecule has 0 fully saturated rings. The number of nitrogens with zero attached hydrogens (tertiary/aromatic N) is 1. The number of nitrogens with one attached hydrogen (secondary N) is 1. The topological polar surface area (TPSA) is 79.9 Å². The van der Waals surface area contributed by atoms with Crippen molar-refractivity contribution in [2.24, 2.45) is 16.6 Å². The van der Waals surface area contributed by atoms with Gasteiger partial charge in [0.25, 0.3) is 0 Å². The molecular formula is C18H32IN3O2. The van der Waals surface area contributed by atoms with Crippen LogP contribution in [0.15, 0.2) is 23.2 Å². The zero-order valence-corrected chi connectivity index (χ0v) is 17.5. The number of nitrogens with two attached hydrogens (primary N) is 1. The minimum Gasteiger partial charge on any atom is -0.504 e. The Morgan fingerprint density at radius 3 is 2.62 bits per heavy atom. The Morgan fingerprint density at radius 2 is 2.00 bits per heavy atom. The van der Waals surface area contributed by atoms with Crippen LogP contribution in [0.1, 0.15) is 52.5 Å². The van der Waals surface area contributed by atoms with Crippen LogP contribution >= 0.6 is 24.0 Å². The summed E-state index contributed by atoms with van der Waals surface area (Å²) in [6.07, 6.45) is 3.51. The summed E-state index contributed by atoms with van der Waals surface area (Å²) in [4.78, 5) is 4.35. The second kappa shape index (κ2) is 12.2. The van der Waals surface area contributed by atoms with Crippen LogP contribution < -0.4 is 15.8 Å². The van der Waals surface area contributed by atoms with E-state index in [9.17, 15) is 5.11 Å². The van der Waals surface area contributed by atoms with Crippen LogP contribution in [0.2, 0.25) is 0 Å². The van der Waals surface area contributed by atoms with E-state index in [4.69, 9.17) is 10.5 Å². The maximum atomic E-state index is 9.69. The number of rotatable bonds is 9. The highest BCUT2D eigenvalue weighted by atomic mass is 127. The average Bonchev–Trinajstić information content (AvgIpc) is 2.48. The summed E-state index contributed by atoms with van der Waals surface area (Å²) in [5.41, 5.74) is 6.89. The number of phenols is 1. The fraction of sp³-hybridized carbons (Fsp3) is 0.611. The first-order valence-electron chi connectivity index (χ1n) is 8.43. The van der Waals surface area contributed by atoms with Crippen molar-refractivity contribution < 1.29 is 9.84 Å². The molecule has 6 heteroatoms. The van der Waals surface area contributed by atoms with Gasteiger partial charge in [-0.1, -0.05) is 32.8 Å². The summed E-state index contributed by atoms with van der Waals surface area (Å²) in [5.74, 6) is 1.81. The highest BCUT2D eigenvalue weighted by Gasteiger charge is 2.05. The van der Waals surface area contributed by atoms with Crippen LogP contribution in [0.5, 0.6) is 11.5 Å². The van der Waals surface area contributed by atoms with Gasteiger partial charge in [0.2, 0.25) is 0 Å². The molecule has 0 saturated carbocycles. The van der Waals surface area contributed by atoms with Crippen molar-refractivity contribution in [1.29, 1.82) is 0 Å². The molecule has 1 rings (SSSR count). The van der Waals surface area contributed by atoms with Crippen molar-refractivity contribution in [3.63, 3.8) is 0 Å². The third-order valence-electron chi connectivity index (χ3n) is 3.57. The number of ether oxygens (including phenoxy) is 1. The highest BCUT2D eigenvalue weighted by Crippen LogP contribution is 2.27. The van der Waals surface area contributed by atoms with Crippen molar-refractivity contribution >= 4 is 29.9 Å². The third-order valence-corrected chi connectivity index (χ3v) is 3.57. The Kier molecular flexibility index (Phi) is 11.6. The van der Waals surface area contributed by atoms with E-state index in [1.807, 2.05) is 13.0 Å². The molecule has 0 heterocycles. The normalized spacial score (nSPS) is 12.6. The lowest BCUT2D eigenvalue weighted by Crippen LogP contribution is -2.38. The van der Waals surface area contributed by atoms with Gasteiger partial charge in [-0.3, -0.25) is 0 Å². The molecule has 0 saturated heterocycles. The summed E-state index contributed by atoms with van der Waals surface area (Å²) in [7, 11) is 0. The van der Waals surface area contributed by atoms with Crippen molar-refractivity contribution in [1.82, 2.24) is 5.32 Å². The van der Waals surface area contributed by atoms with E-state index >= 15 is 0 Å². The molecule has 1 aromatic rings. The van der Waals surface area contributed by atoms with E-state index in [2.05, 4.69) is 31.1 Å². The first kappa shape index (κ1) is 22.8.